The Morgan fingerprint density at radius 1 is 1.35 bits per heavy atom. The molecule has 1 atom stereocenters. The van der Waals surface area contributed by atoms with Crippen LogP contribution in [-0.4, -0.2) is 24.5 Å². The molecule has 0 aromatic heterocycles. The summed E-state index contributed by atoms with van der Waals surface area (Å²) in [5.41, 5.74) is 0.777. The molecule has 0 heterocycles. The lowest BCUT2D eigenvalue weighted by atomic mass is 10.1. The van der Waals surface area contributed by atoms with E-state index in [2.05, 4.69) is 10.6 Å². The van der Waals surface area contributed by atoms with E-state index in [1.54, 1.807) is 37.3 Å². The largest absolute Gasteiger partial charge is 0.462 e. The lowest BCUT2D eigenvalue weighted by Gasteiger charge is -2.14. The maximum absolute atomic E-state index is 12.3. The van der Waals surface area contributed by atoms with Gasteiger partial charge in [0, 0.05) is 12.2 Å². The lowest BCUT2D eigenvalue weighted by Crippen LogP contribution is -2.32. The van der Waals surface area contributed by atoms with Crippen LogP contribution in [0, 0.1) is 11.3 Å². The maximum atomic E-state index is 12.3. The van der Waals surface area contributed by atoms with Gasteiger partial charge in [0.15, 0.2) is 5.57 Å². The van der Waals surface area contributed by atoms with Gasteiger partial charge >= 0.3 is 5.97 Å². The predicted octanol–water partition coefficient (Wildman–Crippen LogP) is 2.60. The maximum Gasteiger partial charge on any atom is 0.350 e. The van der Waals surface area contributed by atoms with Gasteiger partial charge in [-0.1, -0.05) is 19.1 Å². The van der Waals surface area contributed by atoms with Crippen molar-refractivity contribution in [1.29, 1.82) is 5.26 Å². The smallest absolute Gasteiger partial charge is 0.350 e. The minimum absolute atomic E-state index is 0.0558. The third-order valence-electron chi connectivity index (χ3n) is 3.15. The molecule has 0 saturated carbocycles. The molecule has 1 aromatic carbocycles. The van der Waals surface area contributed by atoms with Crippen LogP contribution >= 0.6 is 0 Å². The molecule has 6 nitrogen and oxygen atoms in total. The number of carbonyl (C=O) groups excluding carboxylic acids is 2. The normalized spacial score (nSPS) is 12.0. The van der Waals surface area contributed by atoms with Gasteiger partial charge in [0.1, 0.15) is 6.07 Å². The van der Waals surface area contributed by atoms with Gasteiger partial charge in [-0.3, -0.25) is 4.79 Å². The van der Waals surface area contributed by atoms with Gasteiger partial charge in [-0.05, 0) is 32.4 Å². The standard InChI is InChI=1S/C17H21N3O3/c1-4-12(3)20-16(21)14-8-6-7-9-15(14)19-11-13(10-18)17(22)23-5-2/h6-9,11-12,19H,4-5H2,1-3H3,(H,20,21)/b13-11+/t12-/m0/s1. The molecule has 0 unspecified atom stereocenters. The van der Waals surface area contributed by atoms with Gasteiger partial charge in [-0.25, -0.2) is 4.79 Å². The van der Waals surface area contributed by atoms with Gasteiger partial charge in [-0.15, -0.1) is 0 Å². The second-order valence-corrected chi connectivity index (χ2v) is 4.86. The number of amides is 1. The summed E-state index contributed by atoms with van der Waals surface area (Å²) in [6.07, 6.45) is 2.07. The third kappa shape index (κ3) is 5.47. The Kier molecular flexibility index (Phi) is 7.34. The van der Waals surface area contributed by atoms with Crippen LogP contribution in [0.25, 0.3) is 0 Å². The molecule has 0 aliphatic carbocycles. The number of hydrogen-bond acceptors (Lipinski definition) is 5. The summed E-state index contributed by atoms with van der Waals surface area (Å²) in [5, 5.41) is 14.7. The summed E-state index contributed by atoms with van der Waals surface area (Å²) in [5.74, 6) is -0.922. The lowest BCUT2D eigenvalue weighted by molar-refractivity contribution is -0.138. The molecule has 2 N–H and O–H groups in total. The van der Waals surface area contributed by atoms with Crippen molar-refractivity contribution in [3.8, 4) is 6.07 Å². The van der Waals surface area contributed by atoms with E-state index >= 15 is 0 Å². The highest BCUT2D eigenvalue weighted by Crippen LogP contribution is 2.16. The highest BCUT2D eigenvalue weighted by atomic mass is 16.5. The van der Waals surface area contributed by atoms with Crippen molar-refractivity contribution in [3.05, 3.63) is 41.6 Å². The van der Waals surface area contributed by atoms with E-state index in [1.807, 2.05) is 13.8 Å². The van der Waals surface area contributed by atoms with E-state index in [9.17, 15) is 9.59 Å². The first-order valence-corrected chi connectivity index (χ1v) is 7.47. The molecule has 0 saturated heterocycles. The average Bonchev–Trinajstić information content (AvgIpc) is 2.55. The van der Waals surface area contributed by atoms with Crippen molar-refractivity contribution < 1.29 is 14.3 Å². The van der Waals surface area contributed by atoms with Gasteiger partial charge in [0.05, 0.1) is 17.9 Å². The van der Waals surface area contributed by atoms with Crippen LogP contribution in [0.1, 0.15) is 37.6 Å². The predicted molar refractivity (Wildman–Crippen MR) is 87.6 cm³/mol. The topological polar surface area (TPSA) is 91.2 Å². The Morgan fingerprint density at radius 3 is 2.65 bits per heavy atom. The zero-order valence-electron chi connectivity index (χ0n) is 13.6. The highest BCUT2D eigenvalue weighted by Gasteiger charge is 2.13. The van der Waals surface area contributed by atoms with Gasteiger partial charge in [-0.2, -0.15) is 5.26 Å². The molecule has 1 aromatic rings. The second-order valence-electron chi connectivity index (χ2n) is 4.86. The molecule has 0 radical (unpaired) electrons. The van der Waals surface area contributed by atoms with Crippen LogP contribution in [-0.2, 0) is 9.53 Å². The summed E-state index contributed by atoms with van der Waals surface area (Å²) in [6, 6.07) is 8.70. The molecule has 0 aliphatic heterocycles. The fourth-order valence-corrected chi connectivity index (χ4v) is 1.71. The van der Waals surface area contributed by atoms with Crippen molar-refractivity contribution in [2.75, 3.05) is 11.9 Å². The van der Waals surface area contributed by atoms with E-state index in [4.69, 9.17) is 10.00 Å². The first-order valence-electron chi connectivity index (χ1n) is 7.47. The number of rotatable bonds is 7. The van der Waals surface area contributed by atoms with Crippen molar-refractivity contribution in [3.63, 3.8) is 0 Å². The Hall–Kier alpha value is -2.81. The number of esters is 1. The quantitative estimate of drug-likeness (QED) is 0.458. The molecule has 6 heteroatoms. The second kappa shape index (κ2) is 9.26. The summed E-state index contributed by atoms with van der Waals surface area (Å²) in [7, 11) is 0. The number of benzene rings is 1. The fraction of sp³-hybridized carbons (Fsp3) is 0.353. The Labute approximate surface area is 136 Å². The van der Waals surface area contributed by atoms with E-state index < -0.39 is 5.97 Å². The van der Waals surface area contributed by atoms with Crippen LogP contribution in [0.2, 0.25) is 0 Å². The molecule has 122 valence electrons. The summed E-state index contributed by atoms with van der Waals surface area (Å²) >= 11 is 0. The summed E-state index contributed by atoms with van der Waals surface area (Å²) < 4.78 is 4.78. The molecular weight excluding hydrogens is 294 g/mol. The number of para-hydroxylation sites is 1. The van der Waals surface area contributed by atoms with E-state index in [-0.39, 0.29) is 24.1 Å². The van der Waals surface area contributed by atoms with Crippen molar-refractivity contribution in [2.45, 2.75) is 33.2 Å². The van der Waals surface area contributed by atoms with Crippen LogP contribution in [0.3, 0.4) is 0 Å². The average molecular weight is 315 g/mol. The van der Waals surface area contributed by atoms with Crippen molar-refractivity contribution >= 4 is 17.6 Å². The summed E-state index contributed by atoms with van der Waals surface area (Å²) in [4.78, 5) is 23.8. The molecule has 1 amide bonds. The van der Waals surface area contributed by atoms with Crippen LogP contribution < -0.4 is 10.6 Å². The van der Waals surface area contributed by atoms with E-state index in [0.717, 1.165) is 6.42 Å². The van der Waals surface area contributed by atoms with Crippen molar-refractivity contribution in [2.24, 2.45) is 0 Å². The van der Waals surface area contributed by atoms with Crippen LogP contribution in [0.4, 0.5) is 5.69 Å². The SMILES string of the molecule is CCOC(=O)/C(C#N)=C/Nc1ccccc1C(=O)N[C@@H](C)CC. The van der Waals surface area contributed by atoms with E-state index in [1.165, 1.54) is 6.20 Å². The molecule has 1 rings (SSSR count). The molecule has 23 heavy (non-hydrogen) atoms. The van der Waals surface area contributed by atoms with Gasteiger partial charge in [0.2, 0.25) is 0 Å². The Bertz CT molecular complexity index is 632. The molecule has 0 aliphatic rings. The molecular formula is C17H21N3O3. The zero-order chi connectivity index (χ0) is 17.2. The molecule has 0 bridgehead atoms. The minimum Gasteiger partial charge on any atom is -0.462 e. The monoisotopic (exact) mass is 315 g/mol. The molecule has 0 fully saturated rings. The third-order valence-corrected chi connectivity index (χ3v) is 3.15. The number of nitrogens with zero attached hydrogens (tertiary/aromatic N) is 1. The number of nitrogens with one attached hydrogen (secondary N) is 2. The van der Waals surface area contributed by atoms with Gasteiger partial charge in [0.25, 0.3) is 5.91 Å². The summed E-state index contributed by atoms with van der Waals surface area (Å²) in [6.45, 7) is 5.75. The highest BCUT2D eigenvalue weighted by molar-refractivity contribution is 6.00. The van der Waals surface area contributed by atoms with E-state index in [0.29, 0.717) is 11.3 Å². The number of nitriles is 1. The van der Waals surface area contributed by atoms with Crippen LogP contribution in [0.5, 0.6) is 0 Å². The number of hydrogen-bond donors (Lipinski definition) is 2. The van der Waals surface area contributed by atoms with Gasteiger partial charge < -0.3 is 15.4 Å². The minimum atomic E-state index is -0.705. The Balaban J connectivity index is 2.95. The first-order chi connectivity index (χ1) is 11.0. The number of anilines is 1. The van der Waals surface area contributed by atoms with Crippen LogP contribution in [0.15, 0.2) is 36.0 Å². The molecule has 0 spiro atoms. The first kappa shape index (κ1) is 18.2. The number of carbonyl (C=O) groups is 2. The Morgan fingerprint density at radius 2 is 2.04 bits per heavy atom. The zero-order valence-corrected chi connectivity index (χ0v) is 13.6. The fourth-order valence-electron chi connectivity index (χ4n) is 1.71. The van der Waals surface area contributed by atoms with Crippen molar-refractivity contribution in [1.82, 2.24) is 5.32 Å². The number of ether oxygens (including phenoxy) is 1.